The molecule has 1 aliphatic heterocycles. The number of ether oxygens (including phenoxy) is 1. The summed E-state index contributed by atoms with van der Waals surface area (Å²) in [4.78, 5) is 33.0. The lowest BCUT2D eigenvalue weighted by Crippen LogP contribution is -2.47. The van der Waals surface area contributed by atoms with E-state index in [4.69, 9.17) is 10.5 Å². The van der Waals surface area contributed by atoms with Crippen molar-refractivity contribution in [1.29, 1.82) is 0 Å². The van der Waals surface area contributed by atoms with Crippen LogP contribution < -0.4 is 15.4 Å². The number of hydrogen-bond acceptors (Lipinski definition) is 5. The first-order valence-corrected chi connectivity index (χ1v) is 13.3. The van der Waals surface area contributed by atoms with Crippen LogP contribution in [0, 0.1) is 12.3 Å². The molecule has 1 radical (unpaired) electrons. The van der Waals surface area contributed by atoms with Crippen molar-refractivity contribution < 1.29 is 14.3 Å². The Morgan fingerprint density at radius 2 is 1.76 bits per heavy atom. The van der Waals surface area contributed by atoms with Crippen LogP contribution in [-0.2, 0) is 22.6 Å². The van der Waals surface area contributed by atoms with Crippen molar-refractivity contribution in [2.45, 2.75) is 45.3 Å². The first kappa shape index (κ1) is 27.2. The Morgan fingerprint density at radius 1 is 1.05 bits per heavy atom. The van der Waals surface area contributed by atoms with Crippen LogP contribution in [0.5, 0.6) is 5.75 Å². The van der Waals surface area contributed by atoms with Gasteiger partial charge in [0.15, 0.2) is 0 Å². The van der Waals surface area contributed by atoms with Crippen molar-refractivity contribution in [2.24, 2.45) is 11.7 Å². The molecule has 0 saturated carbocycles. The fourth-order valence-electron chi connectivity index (χ4n) is 4.71. The lowest BCUT2D eigenvalue weighted by atomic mass is 9.99. The number of piperidine rings is 1. The van der Waals surface area contributed by atoms with Crippen molar-refractivity contribution in [3.63, 3.8) is 0 Å². The van der Waals surface area contributed by atoms with E-state index in [-0.39, 0.29) is 23.8 Å². The average Bonchev–Trinajstić information content (AvgIpc) is 2.96. The third kappa shape index (κ3) is 7.81. The van der Waals surface area contributed by atoms with Crippen molar-refractivity contribution in [3.05, 3.63) is 96.7 Å². The Kier molecular flexibility index (Phi) is 9.73. The highest BCUT2D eigenvalue weighted by molar-refractivity contribution is 5.85. The molecule has 2 aromatic carbocycles. The number of hydrogen-bond donors (Lipinski definition) is 1. The molecule has 0 bridgehead atoms. The summed E-state index contributed by atoms with van der Waals surface area (Å²) in [5.74, 6) is 0.391. The normalized spacial score (nSPS) is 14.6. The smallest absolute Gasteiger partial charge is 0.226 e. The monoisotopic (exact) mass is 513 g/mol. The van der Waals surface area contributed by atoms with Crippen molar-refractivity contribution in [1.82, 2.24) is 9.88 Å². The average molecular weight is 514 g/mol. The molecule has 1 saturated heterocycles. The van der Waals surface area contributed by atoms with E-state index in [1.54, 1.807) is 12.6 Å². The summed E-state index contributed by atoms with van der Waals surface area (Å²) in [6.07, 6.45) is 6.41. The van der Waals surface area contributed by atoms with E-state index < -0.39 is 0 Å². The minimum absolute atomic E-state index is 0.0583. The van der Waals surface area contributed by atoms with Gasteiger partial charge >= 0.3 is 0 Å². The zero-order chi connectivity index (χ0) is 26.7. The standard InChI is InChI=1S/C31H37N4O3/c1-24(31(32)37)16-22-35(27-11-13-29(14-12-27)38-23-25-7-3-2-4-8-25)28-17-20-34(21-18-28)30(36)15-10-26-9-5-6-19-33-26/h2-9,11-15,19,24,28H,10,16-18,20-23H2,1H3,(H2,32,37). The number of aromatic nitrogens is 1. The second-order valence-electron chi connectivity index (χ2n) is 9.84. The maximum absolute atomic E-state index is 12.8. The predicted molar refractivity (Wildman–Crippen MR) is 149 cm³/mol. The Bertz CT molecular complexity index is 1150. The molecule has 1 aromatic heterocycles. The van der Waals surface area contributed by atoms with Crippen LogP contribution in [-0.4, -0.2) is 47.4 Å². The molecule has 38 heavy (non-hydrogen) atoms. The zero-order valence-electron chi connectivity index (χ0n) is 22.0. The zero-order valence-corrected chi connectivity index (χ0v) is 22.0. The van der Waals surface area contributed by atoms with Gasteiger partial charge in [-0.15, -0.1) is 0 Å². The van der Waals surface area contributed by atoms with Gasteiger partial charge in [0.1, 0.15) is 12.4 Å². The number of nitrogens with zero attached hydrogens (tertiary/aromatic N) is 3. The van der Waals surface area contributed by atoms with Gasteiger partial charge in [-0.25, -0.2) is 0 Å². The minimum atomic E-state index is -0.279. The largest absolute Gasteiger partial charge is 0.489 e. The molecule has 3 aromatic rings. The van der Waals surface area contributed by atoms with E-state index >= 15 is 0 Å². The highest BCUT2D eigenvalue weighted by Gasteiger charge is 2.28. The number of carbonyl (C=O) groups is 2. The van der Waals surface area contributed by atoms with Gasteiger partial charge in [-0.2, -0.15) is 0 Å². The van der Waals surface area contributed by atoms with Gasteiger partial charge in [0.2, 0.25) is 11.8 Å². The summed E-state index contributed by atoms with van der Waals surface area (Å²) in [5, 5.41) is 0. The topological polar surface area (TPSA) is 88.8 Å². The Labute approximate surface area is 225 Å². The fraction of sp³-hybridized carbons (Fsp3) is 0.355. The molecule has 0 spiro atoms. The lowest BCUT2D eigenvalue weighted by molar-refractivity contribution is -0.128. The Morgan fingerprint density at radius 3 is 2.42 bits per heavy atom. The van der Waals surface area contributed by atoms with Gasteiger partial charge < -0.3 is 20.3 Å². The van der Waals surface area contributed by atoms with Crippen LogP contribution in [0.3, 0.4) is 0 Å². The highest BCUT2D eigenvalue weighted by atomic mass is 16.5. The number of anilines is 1. The van der Waals surface area contributed by atoms with Crippen molar-refractivity contribution in [3.8, 4) is 5.75 Å². The summed E-state index contributed by atoms with van der Waals surface area (Å²) in [6.45, 7) is 4.51. The van der Waals surface area contributed by atoms with Crippen LogP contribution in [0.15, 0.2) is 79.0 Å². The number of pyridine rings is 1. The van der Waals surface area contributed by atoms with E-state index in [0.717, 1.165) is 42.1 Å². The first-order valence-electron chi connectivity index (χ1n) is 13.3. The summed E-state index contributed by atoms with van der Waals surface area (Å²) in [6, 6.07) is 24.2. The van der Waals surface area contributed by atoms with Gasteiger partial charge in [0.25, 0.3) is 0 Å². The summed E-state index contributed by atoms with van der Waals surface area (Å²) in [5.41, 5.74) is 8.63. The molecule has 1 aliphatic rings. The summed E-state index contributed by atoms with van der Waals surface area (Å²) in [7, 11) is 0. The molecular weight excluding hydrogens is 476 g/mol. The van der Waals surface area contributed by atoms with Crippen LogP contribution in [0.2, 0.25) is 0 Å². The molecule has 7 heteroatoms. The van der Waals surface area contributed by atoms with E-state index in [1.165, 1.54) is 0 Å². The van der Waals surface area contributed by atoms with Crippen LogP contribution in [0.25, 0.3) is 0 Å². The number of likely N-dealkylation sites (tertiary alicyclic amines) is 1. The predicted octanol–water partition coefficient (Wildman–Crippen LogP) is 4.42. The number of benzene rings is 2. The first-order chi connectivity index (χ1) is 18.5. The lowest BCUT2D eigenvalue weighted by Gasteiger charge is -2.40. The molecule has 1 unspecified atom stereocenters. The molecule has 1 fully saturated rings. The molecule has 2 amide bonds. The molecular formula is C31H37N4O3. The number of primary amides is 1. The van der Waals surface area contributed by atoms with Crippen molar-refractivity contribution in [2.75, 3.05) is 24.5 Å². The SMILES string of the molecule is CC(CCN(c1ccc(OCc2ccccc2)cc1)C1CCN(C(=O)[CH]Cc2ccccn2)CC1)C(N)=O. The third-order valence-corrected chi connectivity index (χ3v) is 7.13. The maximum atomic E-state index is 12.8. The Balaban J connectivity index is 1.35. The quantitative estimate of drug-likeness (QED) is 0.387. The molecule has 2 heterocycles. The van der Waals surface area contributed by atoms with Gasteiger partial charge in [-0.05, 0) is 61.2 Å². The third-order valence-electron chi connectivity index (χ3n) is 7.13. The number of carbonyl (C=O) groups excluding carboxylic acids is 2. The van der Waals surface area contributed by atoms with E-state index in [1.807, 2.05) is 72.5 Å². The number of nitrogens with two attached hydrogens (primary N) is 1. The van der Waals surface area contributed by atoms with Gasteiger partial charge in [-0.3, -0.25) is 14.6 Å². The van der Waals surface area contributed by atoms with Gasteiger partial charge in [0, 0.05) is 55.6 Å². The Hall–Kier alpha value is -3.87. The molecule has 2 N–H and O–H groups in total. The molecule has 7 nitrogen and oxygen atoms in total. The minimum Gasteiger partial charge on any atom is -0.489 e. The van der Waals surface area contributed by atoms with E-state index in [9.17, 15) is 9.59 Å². The van der Waals surface area contributed by atoms with Crippen LogP contribution in [0.1, 0.15) is 37.4 Å². The molecule has 0 aliphatic carbocycles. The van der Waals surface area contributed by atoms with Crippen molar-refractivity contribution >= 4 is 17.5 Å². The molecule has 4 rings (SSSR count). The van der Waals surface area contributed by atoms with Gasteiger partial charge in [-0.1, -0.05) is 43.3 Å². The second-order valence-corrected chi connectivity index (χ2v) is 9.84. The highest BCUT2D eigenvalue weighted by Crippen LogP contribution is 2.27. The molecule has 1 atom stereocenters. The number of amides is 2. The molecule has 199 valence electrons. The van der Waals surface area contributed by atoms with Gasteiger partial charge in [0.05, 0.1) is 6.42 Å². The summed E-state index contributed by atoms with van der Waals surface area (Å²) < 4.78 is 5.97. The van der Waals surface area contributed by atoms with E-state index in [2.05, 4.69) is 22.0 Å². The van der Waals surface area contributed by atoms with Crippen LogP contribution >= 0.6 is 0 Å². The maximum Gasteiger partial charge on any atom is 0.226 e. The fourth-order valence-corrected chi connectivity index (χ4v) is 4.71. The summed E-state index contributed by atoms with van der Waals surface area (Å²) >= 11 is 0. The van der Waals surface area contributed by atoms with E-state index in [0.29, 0.717) is 32.5 Å². The van der Waals surface area contributed by atoms with Crippen LogP contribution in [0.4, 0.5) is 5.69 Å². The second kappa shape index (κ2) is 13.6. The number of rotatable bonds is 12.